The lowest BCUT2D eigenvalue weighted by atomic mass is 10.1. The first-order chi connectivity index (χ1) is 6.97. The normalized spacial score (nSPS) is 21.7. The minimum Gasteiger partial charge on any atom is -0.356 e. The maximum absolute atomic E-state index is 11.8. The van der Waals surface area contributed by atoms with Gasteiger partial charge in [0.05, 0.1) is 0 Å². The van der Waals surface area contributed by atoms with Gasteiger partial charge >= 0.3 is 6.18 Å². The van der Waals surface area contributed by atoms with Gasteiger partial charge in [0.25, 0.3) is 0 Å². The summed E-state index contributed by atoms with van der Waals surface area (Å²) in [6.07, 6.45) is -4.00. The van der Waals surface area contributed by atoms with Crippen LogP contribution in [-0.4, -0.2) is 31.7 Å². The number of rotatable bonds is 4. The number of hydrogen-bond acceptors (Lipinski definition) is 2. The molecule has 0 aromatic heterocycles. The van der Waals surface area contributed by atoms with Crippen LogP contribution in [0.25, 0.3) is 0 Å². The molecule has 2 N–H and O–H groups in total. The Balaban J connectivity index is 2.06. The van der Waals surface area contributed by atoms with Crippen LogP contribution in [0.2, 0.25) is 0 Å². The second-order valence-electron chi connectivity index (χ2n) is 3.79. The van der Waals surface area contributed by atoms with Crippen LogP contribution >= 0.6 is 0 Å². The molecule has 1 aliphatic rings. The van der Waals surface area contributed by atoms with Crippen LogP contribution in [0.3, 0.4) is 0 Å². The van der Waals surface area contributed by atoms with Gasteiger partial charge in [0.2, 0.25) is 5.91 Å². The topological polar surface area (TPSA) is 41.1 Å². The maximum atomic E-state index is 11.8. The molecule has 0 aromatic rings. The number of hydrogen-bond donors (Lipinski definition) is 2. The van der Waals surface area contributed by atoms with E-state index in [1.165, 1.54) is 0 Å². The van der Waals surface area contributed by atoms with Crippen molar-refractivity contribution in [1.82, 2.24) is 10.6 Å². The van der Waals surface area contributed by atoms with Gasteiger partial charge in [-0.1, -0.05) is 0 Å². The molecule has 15 heavy (non-hydrogen) atoms. The van der Waals surface area contributed by atoms with E-state index in [-0.39, 0.29) is 0 Å². The van der Waals surface area contributed by atoms with Crippen LogP contribution in [0, 0.1) is 5.92 Å². The second-order valence-corrected chi connectivity index (χ2v) is 3.79. The fourth-order valence-corrected chi connectivity index (χ4v) is 1.62. The molecule has 1 rings (SSSR count). The second kappa shape index (κ2) is 5.34. The summed E-state index contributed by atoms with van der Waals surface area (Å²) in [7, 11) is 0. The van der Waals surface area contributed by atoms with Gasteiger partial charge in [-0.15, -0.1) is 0 Å². The van der Waals surface area contributed by atoms with Crippen molar-refractivity contribution in [2.45, 2.75) is 25.4 Å². The van der Waals surface area contributed by atoms with E-state index in [0.29, 0.717) is 12.5 Å². The third-order valence-corrected chi connectivity index (χ3v) is 2.40. The van der Waals surface area contributed by atoms with Crippen LogP contribution in [0.5, 0.6) is 0 Å². The summed E-state index contributed by atoms with van der Waals surface area (Å²) in [5.41, 5.74) is 0. The summed E-state index contributed by atoms with van der Waals surface area (Å²) in [5, 5.41) is 5.44. The molecule has 1 heterocycles. The summed E-state index contributed by atoms with van der Waals surface area (Å²) in [4.78, 5) is 10.8. The van der Waals surface area contributed by atoms with E-state index >= 15 is 0 Å². The number of nitrogens with one attached hydrogen (secondary N) is 2. The van der Waals surface area contributed by atoms with Crippen molar-refractivity contribution in [1.29, 1.82) is 0 Å². The van der Waals surface area contributed by atoms with Gasteiger partial charge in [-0.25, -0.2) is 0 Å². The predicted molar refractivity (Wildman–Crippen MR) is 49.3 cm³/mol. The minimum absolute atomic E-state index is 0.335. The average molecular weight is 224 g/mol. The highest BCUT2D eigenvalue weighted by atomic mass is 19.4. The lowest BCUT2D eigenvalue weighted by Gasteiger charge is -2.10. The molecule has 0 spiro atoms. The molecule has 1 atom stereocenters. The molecule has 1 amide bonds. The molecule has 1 aliphatic heterocycles. The third kappa shape index (κ3) is 5.61. The quantitative estimate of drug-likeness (QED) is 0.749. The van der Waals surface area contributed by atoms with E-state index in [4.69, 9.17) is 0 Å². The summed E-state index contributed by atoms with van der Waals surface area (Å²) >= 11 is 0. The van der Waals surface area contributed by atoms with Gasteiger partial charge in [0, 0.05) is 6.54 Å². The lowest BCUT2D eigenvalue weighted by Crippen LogP contribution is -2.30. The lowest BCUT2D eigenvalue weighted by molar-refractivity contribution is -0.153. The third-order valence-electron chi connectivity index (χ3n) is 2.40. The van der Waals surface area contributed by atoms with Crippen LogP contribution in [0.1, 0.15) is 19.3 Å². The van der Waals surface area contributed by atoms with Crippen molar-refractivity contribution in [3.63, 3.8) is 0 Å². The molecular weight excluding hydrogens is 209 g/mol. The predicted octanol–water partition coefficient (Wildman–Crippen LogP) is 1.05. The van der Waals surface area contributed by atoms with E-state index in [1.54, 1.807) is 0 Å². The van der Waals surface area contributed by atoms with Crippen molar-refractivity contribution in [3.8, 4) is 0 Å². The SMILES string of the molecule is O=C(CC(F)(F)F)NCCC1CCNC1. The average Bonchev–Trinajstić information content (AvgIpc) is 2.53. The molecule has 88 valence electrons. The summed E-state index contributed by atoms with van der Waals surface area (Å²) in [6, 6.07) is 0. The van der Waals surface area contributed by atoms with Gasteiger partial charge in [-0.05, 0) is 31.8 Å². The fourth-order valence-electron chi connectivity index (χ4n) is 1.62. The molecule has 0 bridgehead atoms. The highest BCUT2D eigenvalue weighted by Crippen LogP contribution is 2.19. The molecule has 1 fully saturated rings. The summed E-state index contributed by atoms with van der Waals surface area (Å²) < 4.78 is 35.3. The molecule has 3 nitrogen and oxygen atoms in total. The zero-order valence-corrected chi connectivity index (χ0v) is 8.36. The van der Waals surface area contributed by atoms with Gasteiger partial charge in [-0.2, -0.15) is 13.2 Å². The molecule has 0 saturated carbocycles. The Morgan fingerprint density at radius 2 is 2.20 bits per heavy atom. The molecule has 1 unspecified atom stereocenters. The Morgan fingerprint density at radius 3 is 2.73 bits per heavy atom. The first kappa shape index (κ1) is 12.3. The fraction of sp³-hybridized carbons (Fsp3) is 0.889. The van der Waals surface area contributed by atoms with Gasteiger partial charge in [0.15, 0.2) is 0 Å². The Hall–Kier alpha value is -0.780. The molecule has 1 saturated heterocycles. The zero-order valence-electron chi connectivity index (χ0n) is 8.36. The highest BCUT2D eigenvalue weighted by Gasteiger charge is 2.30. The number of carbonyl (C=O) groups excluding carboxylic acids is 1. The molecule has 0 radical (unpaired) electrons. The van der Waals surface area contributed by atoms with Gasteiger partial charge in [0.1, 0.15) is 6.42 Å². The minimum atomic E-state index is -4.40. The Kier molecular flexibility index (Phi) is 4.38. The van der Waals surface area contributed by atoms with Gasteiger partial charge in [-0.3, -0.25) is 4.79 Å². The first-order valence-electron chi connectivity index (χ1n) is 5.01. The summed E-state index contributed by atoms with van der Waals surface area (Å²) in [5.74, 6) is -0.454. The van der Waals surface area contributed by atoms with E-state index in [0.717, 1.165) is 25.9 Å². The number of amides is 1. The highest BCUT2D eigenvalue weighted by molar-refractivity contribution is 5.76. The van der Waals surface area contributed by atoms with Crippen LogP contribution < -0.4 is 10.6 Å². The van der Waals surface area contributed by atoms with Crippen LogP contribution in [-0.2, 0) is 4.79 Å². The monoisotopic (exact) mass is 224 g/mol. The molecular formula is C9H15F3N2O. The van der Waals surface area contributed by atoms with Crippen LogP contribution in [0.15, 0.2) is 0 Å². The zero-order chi connectivity index (χ0) is 11.3. The number of halogens is 3. The van der Waals surface area contributed by atoms with E-state index < -0.39 is 18.5 Å². The standard InChI is InChI=1S/C9H15F3N2O/c10-9(11,12)5-8(15)14-4-2-7-1-3-13-6-7/h7,13H,1-6H2,(H,14,15). The molecule has 6 heteroatoms. The summed E-state index contributed by atoms with van der Waals surface area (Å²) in [6.45, 7) is 2.19. The van der Waals surface area contributed by atoms with Gasteiger partial charge < -0.3 is 10.6 Å². The Labute approximate surface area is 86.4 Å². The van der Waals surface area contributed by atoms with E-state index in [9.17, 15) is 18.0 Å². The molecule has 0 aliphatic carbocycles. The first-order valence-corrected chi connectivity index (χ1v) is 5.01. The van der Waals surface area contributed by atoms with Crippen molar-refractivity contribution >= 4 is 5.91 Å². The smallest absolute Gasteiger partial charge is 0.356 e. The van der Waals surface area contributed by atoms with Crippen molar-refractivity contribution in [2.75, 3.05) is 19.6 Å². The van der Waals surface area contributed by atoms with E-state index in [2.05, 4.69) is 10.6 Å². The number of carbonyl (C=O) groups is 1. The van der Waals surface area contributed by atoms with Crippen LogP contribution in [0.4, 0.5) is 13.2 Å². The molecule has 0 aromatic carbocycles. The van der Waals surface area contributed by atoms with Crippen molar-refractivity contribution in [2.24, 2.45) is 5.92 Å². The van der Waals surface area contributed by atoms with Crippen molar-refractivity contribution in [3.05, 3.63) is 0 Å². The Bertz CT molecular complexity index is 212. The number of alkyl halides is 3. The van der Waals surface area contributed by atoms with E-state index in [1.807, 2.05) is 0 Å². The maximum Gasteiger partial charge on any atom is 0.397 e. The van der Waals surface area contributed by atoms with Crippen molar-refractivity contribution < 1.29 is 18.0 Å². The Morgan fingerprint density at radius 1 is 1.47 bits per heavy atom. The largest absolute Gasteiger partial charge is 0.397 e.